The molecular formula is C10H12BrN5S. The minimum Gasteiger partial charge on any atom is -0.316 e. The maximum atomic E-state index is 3.97. The zero-order chi connectivity index (χ0) is 12.3. The first kappa shape index (κ1) is 12.5. The fourth-order valence-corrected chi connectivity index (χ4v) is 2.78. The maximum Gasteiger partial charge on any atom is 0.213 e. The molecule has 0 spiro atoms. The molecule has 0 amide bonds. The Morgan fingerprint density at radius 1 is 1.47 bits per heavy atom. The van der Waals surface area contributed by atoms with E-state index >= 15 is 0 Å². The Kier molecular flexibility index (Phi) is 4.14. The van der Waals surface area contributed by atoms with E-state index < -0.39 is 0 Å². The molecule has 1 aromatic carbocycles. The van der Waals surface area contributed by atoms with E-state index in [0.29, 0.717) is 0 Å². The number of hydrogen-bond acceptors (Lipinski definition) is 5. The van der Waals surface area contributed by atoms with Gasteiger partial charge in [0.25, 0.3) is 0 Å². The Morgan fingerprint density at radius 3 is 2.94 bits per heavy atom. The molecule has 0 aliphatic heterocycles. The van der Waals surface area contributed by atoms with Crippen molar-refractivity contribution in [3.63, 3.8) is 0 Å². The predicted molar refractivity (Wildman–Crippen MR) is 69.8 cm³/mol. The minimum absolute atomic E-state index is 0.778. The number of aryl methyl sites for hydroxylation is 1. The summed E-state index contributed by atoms with van der Waals surface area (Å²) in [6.45, 7) is 0.820. The molecule has 2 aromatic rings. The number of benzene rings is 1. The van der Waals surface area contributed by atoms with Crippen LogP contribution in [0.4, 0.5) is 0 Å². The lowest BCUT2D eigenvalue weighted by molar-refractivity contribution is 0.664. The SMILES string of the molecule is CNCc1ccc(Br)cc1Sc1nnnn1C. The molecule has 90 valence electrons. The molecular weight excluding hydrogens is 302 g/mol. The minimum atomic E-state index is 0.778. The van der Waals surface area contributed by atoms with Gasteiger partial charge in [0.05, 0.1) is 0 Å². The van der Waals surface area contributed by atoms with E-state index in [4.69, 9.17) is 0 Å². The molecule has 0 bridgehead atoms. The van der Waals surface area contributed by atoms with E-state index in [9.17, 15) is 0 Å². The standard InChI is InChI=1S/C10H12BrN5S/c1-12-6-7-3-4-8(11)5-9(7)17-10-13-14-15-16(10)2/h3-5,12H,6H2,1-2H3. The van der Waals surface area contributed by atoms with Crippen LogP contribution in [0.1, 0.15) is 5.56 Å². The molecule has 7 heteroatoms. The molecule has 17 heavy (non-hydrogen) atoms. The summed E-state index contributed by atoms with van der Waals surface area (Å²) in [6.07, 6.45) is 0. The lowest BCUT2D eigenvalue weighted by Gasteiger charge is -2.08. The summed E-state index contributed by atoms with van der Waals surface area (Å²) in [6, 6.07) is 6.20. The molecule has 1 heterocycles. The molecule has 0 unspecified atom stereocenters. The molecule has 0 atom stereocenters. The zero-order valence-electron chi connectivity index (χ0n) is 9.51. The summed E-state index contributed by atoms with van der Waals surface area (Å²) in [5, 5.41) is 15.3. The van der Waals surface area contributed by atoms with Crippen molar-refractivity contribution in [2.75, 3.05) is 7.05 Å². The van der Waals surface area contributed by atoms with Crippen LogP contribution in [-0.2, 0) is 13.6 Å². The third kappa shape index (κ3) is 3.05. The summed E-state index contributed by atoms with van der Waals surface area (Å²) in [7, 11) is 3.76. The number of nitrogens with zero attached hydrogens (tertiary/aromatic N) is 4. The Hall–Kier alpha value is -0.920. The van der Waals surface area contributed by atoms with Gasteiger partial charge in [0.1, 0.15) is 0 Å². The van der Waals surface area contributed by atoms with E-state index in [-0.39, 0.29) is 0 Å². The molecule has 1 N–H and O–H groups in total. The highest BCUT2D eigenvalue weighted by Crippen LogP contribution is 2.30. The van der Waals surface area contributed by atoms with E-state index in [2.05, 4.69) is 48.9 Å². The summed E-state index contributed by atoms with van der Waals surface area (Å²) >= 11 is 5.04. The highest BCUT2D eigenvalue weighted by atomic mass is 79.9. The summed E-state index contributed by atoms with van der Waals surface area (Å²) in [5.74, 6) is 0. The Labute approximate surface area is 112 Å². The molecule has 0 aliphatic carbocycles. The number of halogens is 1. The van der Waals surface area contributed by atoms with Crippen molar-refractivity contribution < 1.29 is 0 Å². The van der Waals surface area contributed by atoms with Crippen molar-refractivity contribution in [2.24, 2.45) is 7.05 Å². The molecule has 2 rings (SSSR count). The molecule has 0 radical (unpaired) electrons. The van der Waals surface area contributed by atoms with Gasteiger partial charge >= 0.3 is 0 Å². The predicted octanol–water partition coefficient (Wildman–Crippen LogP) is 1.84. The van der Waals surface area contributed by atoms with Gasteiger partial charge in [0.2, 0.25) is 5.16 Å². The van der Waals surface area contributed by atoms with Crippen molar-refractivity contribution in [3.8, 4) is 0 Å². The van der Waals surface area contributed by atoms with E-state index in [1.807, 2.05) is 20.2 Å². The lowest BCUT2D eigenvalue weighted by atomic mass is 10.2. The quantitative estimate of drug-likeness (QED) is 0.933. The fraction of sp³-hybridized carbons (Fsp3) is 0.300. The average molecular weight is 314 g/mol. The molecule has 0 saturated heterocycles. The number of aromatic nitrogens is 4. The van der Waals surface area contributed by atoms with Crippen LogP contribution in [0.15, 0.2) is 32.7 Å². The number of nitrogens with one attached hydrogen (secondary N) is 1. The third-order valence-electron chi connectivity index (χ3n) is 2.18. The van der Waals surface area contributed by atoms with Crippen molar-refractivity contribution >= 4 is 27.7 Å². The first-order valence-corrected chi connectivity index (χ1v) is 6.65. The number of tetrazole rings is 1. The van der Waals surface area contributed by atoms with Crippen molar-refractivity contribution in [3.05, 3.63) is 28.2 Å². The highest BCUT2D eigenvalue weighted by molar-refractivity contribution is 9.10. The van der Waals surface area contributed by atoms with Gasteiger partial charge in [-0.15, -0.1) is 5.10 Å². The van der Waals surface area contributed by atoms with Crippen LogP contribution in [0.5, 0.6) is 0 Å². The number of rotatable bonds is 4. The van der Waals surface area contributed by atoms with Crippen molar-refractivity contribution in [2.45, 2.75) is 16.6 Å². The molecule has 0 aliphatic rings. The van der Waals surface area contributed by atoms with Gasteiger partial charge in [-0.05, 0) is 46.9 Å². The van der Waals surface area contributed by atoms with E-state index in [1.54, 1.807) is 16.4 Å². The Balaban J connectivity index is 2.30. The van der Waals surface area contributed by atoms with Crippen LogP contribution >= 0.6 is 27.7 Å². The van der Waals surface area contributed by atoms with Gasteiger partial charge in [-0.2, -0.15) is 0 Å². The van der Waals surface area contributed by atoms with Crippen LogP contribution in [-0.4, -0.2) is 27.3 Å². The van der Waals surface area contributed by atoms with Crippen LogP contribution in [0.3, 0.4) is 0 Å². The molecule has 1 aromatic heterocycles. The van der Waals surface area contributed by atoms with Gasteiger partial charge in [-0.25, -0.2) is 4.68 Å². The van der Waals surface area contributed by atoms with Crippen LogP contribution < -0.4 is 5.32 Å². The summed E-state index contributed by atoms with van der Waals surface area (Å²) in [4.78, 5) is 1.15. The molecule has 0 fully saturated rings. The first-order chi connectivity index (χ1) is 8.20. The van der Waals surface area contributed by atoms with Gasteiger partial charge < -0.3 is 5.32 Å². The second kappa shape index (κ2) is 5.61. The normalized spacial score (nSPS) is 10.8. The maximum absolute atomic E-state index is 3.97. The monoisotopic (exact) mass is 313 g/mol. The Morgan fingerprint density at radius 2 is 2.29 bits per heavy atom. The van der Waals surface area contributed by atoms with Crippen LogP contribution in [0.25, 0.3) is 0 Å². The number of hydrogen-bond donors (Lipinski definition) is 1. The van der Waals surface area contributed by atoms with Gasteiger partial charge in [-0.1, -0.05) is 22.0 Å². The average Bonchev–Trinajstić information content (AvgIpc) is 2.69. The van der Waals surface area contributed by atoms with Crippen molar-refractivity contribution in [1.82, 2.24) is 25.5 Å². The second-order valence-electron chi connectivity index (χ2n) is 3.47. The first-order valence-electron chi connectivity index (χ1n) is 5.04. The topological polar surface area (TPSA) is 55.6 Å². The highest BCUT2D eigenvalue weighted by Gasteiger charge is 2.09. The van der Waals surface area contributed by atoms with Crippen molar-refractivity contribution in [1.29, 1.82) is 0 Å². The smallest absolute Gasteiger partial charge is 0.213 e. The van der Waals surface area contributed by atoms with E-state index in [0.717, 1.165) is 21.1 Å². The third-order valence-corrected chi connectivity index (χ3v) is 3.80. The van der Waals surface area contributed by atoms with Gasteiger partial charge in [0.15, 0.2) is 0 Å². The van der Waals surface area contributed by atoms with E-state index in [1.165, 1.54) is 5.56 Å². The Bertz CT molecular complexity index is 513. The second-order valence-corrected chi connectivity index (χ2v) is 5.39. The van der Waals surface area contributed by atoms with Gasteiger partial charge in [0, 0.05) is 23.0 Å². The summed E-state index contributed by atoms with van der Waals surface area (Å²) < 4.78 is 2.71. The zero-order valence-corrected chi connectivity index (χ0v) is 11.9. The lowest BCUT2D eigenvalue weighted by Crippen LogP contribution is -2.06. The summed E-state index contributed by atoms with van der Waals surface area (Å²) in [5.41, 5.74) is 1.23. The van der Waals surface area contributed by atoms with Gasteiger partial charge in [-0.3, -0.25) is 0 Å². The molecule has 0 saturated carbocycles. The molecule has 5 nitrogen and oxygen atoms in total. The largest absolute Gasteiger partial charge is 0.316 e. The van der Waals surface area contributed by atoms with Crippen LogP contribution in [0.2, 0.25) is 0 Å². The van der Waals surface area contributed by atoms with Crippen LogP contribution in [0, 0.1) is 0 Å². The fourth-order valence-electron chi connectivity index (χ4n) is 1.37.